The van der Waals surface area contributed by atoms with Crippen LogP contribution in [0.5, 0.6) is 0 Å². The monoisotopic (exact) mass is 394 g/mol. The number of aromatic amines is 2. The van der Waals surface area contributed by atoms with Gasteiger partial charge in [-0.05, 0) is 56.7 Å². The minimum absolute atomic E-state index is 0.0767. The van der Waals surface area contributed by atoms with Crippen molar-refractivity contribution in [3.63, 3.8) is 0 Å². The molecule has 0 unspecified atom stereocenters. The van der Waals surface area contributed by atoms with Crippen LogP contribution in [0.4, 0.5) is 5.69 Å². The summed E-state index contributed by atoms with van der Waals surface area (Å²) >= 11 is 0. The molecule has 29 heavy (non-hydrogen) atoms. The Hall–Kier alpha value is -2.60. The third kappa shape index (κ3) is 3.94. The SMILES string of the molecule is CN(C(=O)CC(C)(C)O)c1ccc2cc(-c3n[nH]c4c3CCC(C)(C)C4)[nH]c2c1. The van der Waals surface area contributed by atoms with E-state index in [4.69, 9.17) is 0 Å². The lowest BCUT2D eigenvalue weighted by molar-refractivity contribution is -0.122. The Morgan fingerprint density at radius 2 is 2.07 bits per heavy atom. The van der Waals surface area contributed by atoms with Gasteiger partial charge < -0.3 is 15.0 Å². The molecule has 0 radical (unpaired) electrons. The molecule has 1 aromatic carbocycles. The largest absolute Gasteiger partial charge is 0.390 e. The van der Waals surface area contributed by atoms with E-state index >= 15 is 0 Å². The number of fused-ring (bicyclic) bond motifs is 2. The number of amides is 1. The van der Waals surface area contributed by atoms with Gasteiger partial charge >= 0.3 is 0 Å². The highest BCUT2D eigenvalue weighted by Gasteiger charge is 2.29. The van der Waals surface area contributed by atoms with Crippen molar-refractivity contribution in [3.8, 4) is 11.4 Å². The summed E-state index contributed by atoms with van der Waals surface area (Å²) in [5.41, 5.74) is 5.61. The third-order valence-electron chi connectivity index (χ3n) is 5.87. The van der Waals surface area contributed by atoms with Gasteiger partial charge in [-0.15, -0.1) is 0 Å². The lowest BCUT2D eigenvalue weighted by Gasteiger charge is -2.28. The summed E-state index contributed by atoms with van der Waals surface area (Å²) in [7, 11) is 1.74. The summed E-state index contributed by atoms with van der Waals surface area (Å²) in [4.78, 5) is 17.5. The van der Waals surface area contributed by atoms with Gasteiger partial charge in [-0.1, -0.05) is 19.9 Å². The van der Waals surface area contributed by atoms with Crippen molar-refractivity contribution in [2.45, 2.75) is 59.0 Å². The number of carbonyl (C=O) groups is 1. The lowest BCUT2D eigenvalue weighted by Crippen LogP contribution is -2.33. The zero-order chi connectivity index (χ0) is 21.0. The van der Waals surface area contributed by atoms with Crippen LogP contribution >= 0.6 is 0 Å². The molecule has 0 atom stereocenters. The van der Waals surface area contributed by atoms with Crippen LogP contribution in [0, 0.1) is 5.41 Å². The van der Waals surface area contributed by atoms with E-state index in [2.05, 4.69) is 35.1 Å². The van der Waals surface area contributed by atoms with E-state index < -0.39 is 5.60 Å². The van der Waals surface area contributed by atoms with Crippen LogP contribution in [0.25, 0.3) is 22.3 Å². The maximum atomic E-state index is 12.4. The van der Waals surface area contributed by atoms with E-state index in [0.717, 1.165) is 47.2 Å². The number of hydrogen-bond donors (Lipinski definition) is 3. The molecule has 3 aromatic rings. The zero-order valence-electron chi connectivity index (χ0n) is 17.9. The van der Waals surface area contributed by atoms with Crippen LogP contribution in [0.2, 0.25) is 0 Å². The van der Waals surface area contributed by atoms with Gasteiger partial charge in [0.25, 0.3) is 0 Å². The van der Waals surface area contributed by atoms with Gasteiger partial charge in [0.05, 0.1) is 17.7 Å². The van der Waals surface area contributed by atoms with E-state index in [1.54, 1.807) is 25.8 Å². The zero-order valence-corrected chi connectivity index (χ0v) is 17.9. The highest BCUT2D eigenvalue weighted by atomic mass is 16.3. The van der Waals surface area contributed by atoms with Gasteiger partial charge in [0.15, 0.2) is 0 Å². The first kappa shape index (κ1) is 19.7. The fourth-order valence-corrected chi connectivity index (χ4v) is 4.15. The molecule has 154 valence electrons. The molecule has 2 aromatic heterocycles. The molecule has 0 aliphatic heterocycles. The fraction of sp³-hybridized carbons (Fsp3) is 0.478. The molecule has 3 N–H and O–H groups in total. The van der Waals surface area contributed by atoms with Crippen LogP contribution in [-0.2, 0) is 17.6 Å². The van der Waals surface area contributed by atoms with Crippen LogP contribution < -0.4 is 4.90 Å². The average Bonchev–Trinajstić information content (AvgIpc) is 3.20. The lowest BCUT2D eigenvalue weighted by atomic mass is 9.76. The standard InChI is InChI=1S/C23H30N4O2/c1-22(2)9-8-16-19(12-22)25-26-21(16)18-10-14-6-7-15(11-17(14)24-18)27(5)20(28)13-23(3,4)29/h6-7,10-11,24,29H,8-9,12-13H2,1-5H3,(H,25,26). The number of anilines is 1. The smallest absolute Gasteiger partial charge is 0.229 e. The first-order valence-electron chi connectivity index (χ1n) is 10.2. The van der Waals surface area contributed by atoms with Crippen LogP contribution in [0.15, 0.2) is 24.3 Å². The van der Waals surface area contributed by atoms with Crippen molar-refractivity contribution in [3.05, 3.63) is 35.5 Å². The molecule has 0 spiro atoms. The number of aliphatic hydroxyl groups is 1. The normalized spacial score (nSPS) is 16.1. The second-order valence-electron chi connectivity index (χ2n) is 9.77. The molecule has 6 heteroatoms. The Balaban J connectivity index is 1.63. The average molecular weight is 395 g/mol. The number of rotatable bonds is 4. The Labute approximate surface area is 171 Å². The van der Waals surface area contributed by atoms with E-state index in [0.29, 0.717) is 5.41 Å². The Morgan fingerprint density at radius 3 is 2.79 bits per heavy atom. The topological polar surface area (TPSA) is 85.0 Å². The van der Waals surface area contributed by atoms with Crippen molar-refractivity contribution in [1.29, 1.82) is 0 Å². The van der Waals surface area contributed by atoms with Crippen molar-refractivity contribution < 1.29 is 9.90 Å². The molecule has 1 aliphatic carbocycles. The Kier molecular flexibility index (Phi) is 4.57. The van der Waals surface area contributed by atoms with Gasteiger partial charge in [-0.2, -0.15) is 5.10 Å². The summed E-state index contributed by atoms with van der Waals surface area (Å²) in [6.45, 7) is 7.89. The van der Waals surface area contributed by atoms with Gasteiger partial charge in [0.2, 0.25) is 5.91 Å². The fourth-order valence-electron chi connectivity index (χ4n) is 4.15. The van der Waals surface area contributed by atoms with Crippen LogP contribution in [-0.4, -0.2) is 38.8 Å². The molecule has 0 fully saturated rings. The predicted molar refractivity (Wildman–Crippen MR) is 116 cm³/mol. The second-order valence-corrected chi connectivity index (χ2v) is 9.77. The highest BCUT2D eigenvalue weighted by molar-refractivity contribution is 5.96. The maximum absolute atomic E-state index is 12.4. The highest BCUT2D eigenvalue weighted by Crippen LogP contribution is 2.38. The molecule has 6 nitrogen and oxygen atoms in total. The second kappa shape index (κ2) is 6.73. The van der Waals surface area contributed by atoms with Gasteiger partial charge in [0.1, 0.15) is 5.69 Å². The molecule has 0 saturated carbocycles. The molecule has 1 amide bonds. The summed E-state index contributed by atoms with van der Waals surface area (Å²) in [6.07, 6.45) is 3.29. The first-order valence-corrected chi connectivity index (χ1v) is 10.2. The summed E-state index contributed by atoms with van der Waals surface area (Å²) in [5.74, 6) is -0.118. The number of aromatic nitrogens is 3. The molecule has 4 rings (SSSR count). The minimum Gasteiger partial charge on any atom is -0.390 e. The number of nitrogens with zero attached hydrogens (tertiary/aromatic N) is 2. The number of carbonyl (C=O) groups excluding carboxylic acids is 1. The van der Waals surface area contributed by atoms with E-state index in [1.807, 2.05) is 18.2 Å². The molecule has 1 aliphatic rings. The van der Waals surface area contributed by atoms with Crippen molar-refractivity contribution in [2.24, 2.45) is 5.41 Å². The van der Waals surface area contributed by atoms with Gasteiger partial charge in [-0.3, -0.25) is 9.89 Å². The van der Waals surface area contributed by atoms with Crippen LogP contribution in [0.1, 0.15) is 51.8 Å². The quantitative estimate of drug-likeness (QED) is 0.620. The van der Waals surface area contributed by atoms with Crippen molar-refractivity contribution >= 4 is 22.5 Å². The van der Waals surface area contributed by atoms with Crippen molar-refractivity contribution in [1.82, 2.24) is 15.2 Å². The minimum atomic E-state index is -1.03. The molecule has 2 heterocycles. The summed E-state index contributed by atoms with van der Waals surface area (Å²) in [5, 5.41) is 18.9. The third-order valence-corrected chi connectivity index (χ3v) is 5.87. The molecular weight excluding hydrogens is 364 g/mol. The van der Waals surface area contributed by atoms with E-state index in [1.165, 1.54) is 11.3 Å². The van der Waals surface area contributed by atoms with Crippen LogP contribution in [0.3, 0.4) is 0 Å². The number of H-pyrrole nitrogens is 2. The summed E-state index contributed by atoms with van der Waals surface area (Å²) < 4.78 is 0. The van der Waals surface area contributed by atoms with E-state index in [9.17, 15) is 9.90 Å². The maximum Gasteiger partial charge on any atom is 0.229 e. The Bertz CT molecular complexity index is 1070. The van der Waals surface area contributed by atoms with Crippen molar-refractivity contribution in [2.75, 3.05) is 11.9 Å². The molecular formula is C23H30N4O2. The number of hydrogen-bond acceptors (Lipinski definition) is 3. The predicted octanol–water partition coefficient (Wildman–Crippen LogP) is 4.20. The van der Waals surface area contributed by atoms with E-state index in [-0.39, 0.29) is 12.3 Å². The summed E-state index contributed by atoms with van der Waals surface area (Å²) in [6, 6.07) is 8.04. The van der Waals surface area contributed by atoms with Gasteiger partial charge in [-0.25, -0.2) is 0 Å². The first-order chi connectivity index (χ1) is 13.5. The number of benzene rings is 1. The van der Waals surface area contributed by atoms with Gasteiger partial charge in [0, 0.05) is 34.9 Å². The molecule has 0 saturated heterocycles. The Morgan fingerprint density at radius 1 is 1.31 bits per heavy atom. The molecule has 0 bridgehead atoms. The number of nitrogens with one attached hydrogen (secondary N) is 2.